The molecule has 0 aliphatic rings. The second kappa shape index (κ2) is 4.65. The maximum Gasteiger partial charge on any atom is 0.339 e. The molecule has 0 fully saturated rings. The first-order valence-electron chi connectivity index (χ1n) is 5.17. The van der Waals surface area contributed by atoms with Crippen molar-refractivity contribution in [3.63, 3.8) is 0 Å². The lowest BCUT2D eigenvalue weighted by Crippen LogP contribution is -2.02. The largest absolute Gasteiger partial charge is 0.478 e. The molecule has 6 nitrogen and oxygen atoms in total. The number of carbonyl (C=O) groups is 1. The predicted molar refractivity (Wildman–Crippen MR) is 62.4 cm³/mol. The van der Waals surface area contributed by atoms with Crippen molar-refractivity contribution in [2.24, 2.45) is 0 Å². The first-order valence-corrected chi connectivity index (χ1v) is 5.17. The van der Waals surface area contributed by atoms with Crippen molar-refractivity contribution in [3.05, 3.63) is 36.4 Å². The molecule has 0 aromatic carbocycles. The van der Waals surface area contributed by atoms with Gasteiger partial charge in [0.05, 0.1) is 17.6 Å². The van der Waals surface area contributed by atoms with Gasteiger partial charge in [-0.15, -0.1) is 0 Å². The highest BCUT2D eigenvalue weighted by atomic mass is 16.4. The number of nitrogens with zero attached hydrogens (tertiary/aromatic N) is 3. The van der Waals surface area contributed by atoms with Gasteiger partial charge in [-0.25, -0.2) is 4.79 Å². The average molecular weight is 232 g/mol. The quantitative estimate of drug-likeness (QED) is 0.839. The van der Waals surface area contributed by atoms with Crippen LogP contribution in [0.1, 0.15) is 17.3 Å². The molecule has 2 aromatic heterocycles. The summed E-state index contributed by atoms with van der Waals surface area (Å²) in [6, 6.07) is 1.62. The van der Waals surface area contributed by atoms with Crippen molar-refractivity contribution in [3.8, 4) is 0 Å². The van der Waals surface area contributed by atoms with E-state index in [0.29, 0.717) is 5.69 Å². The molecule has 6 heteroatoms. The zero-order chi connectivity index (χ0) is 12.3. The molecule has 0 radical (unpaired) electrons. The number of nitrogens with one attached hydrogen (secondary N) is 1. The number of carboxylic acid groups (broad SMARTS) is 1. The van der Waals surface area contributed by atoms with Crippen molar-refractivity contribution in [2.45, 2.75) is 13.5 Å². The van der Waals surface area contributed by atoms with Gasteiger partial charge in [-0.2, -0.15) is 5.10 Å². The van der Waals surface area contributed by atoms with Crippen LogP contribution in [-0.4, -0.2) is 25.8 Å². The Labute approximate surface area is 97.9 Å². The van der Waals surface area contributed by atoms with Crippen molar-refractivity contribution in [2.75, 3.05) is 5.32 Å². The monoisotopic (exact) mass is 232 g/mol. The fraction of sp³-hybridized carbons (Fsp3) is 0.182. The Bertz CT molecular complexity index is 536. The fourth-order valence-corrected chi connectivity index (χ4v) is 1.43. The Hall–Kier alpha value is -2.37. The van der Waals surface area contributed by atoms with E-state index in [1.54, 1.807) is 23.1 Å². The van der Waals surface area contributed by atoms with Gasteiger partial charge in [-0.05, 0) is 13.0 Å². The topological polar surface area (TPSA) is 80.0 Å². The number of hydrogen-bond donors (Lipinski definition) is 2. The van der Waals surface area contributed by atoms with E-state index >= 15 is 0 Å². The van der Waals surface area contributed by atoms with E-state index in [-0.39, 0.29) is 5.56 Å². The normalized spacial score (nSPS) is 10.2. The van der Waals surface area contributed by atoms with Crippen LogP contribution in [0.15, 0.2) is 30.9 Å². The third-order valence-corrected chi connectivity index (χ3v) is 2.29. The molecule has 0 bridgehead atoms. The lowest BCUT2D eigenvalue weighted by molar-refractivity contribution is 0.0697. The van der Waals surface area contributed by atoms with Crippen molar-refractivity contribution in [1.29, 1.82) is 0 Å². The van der Waals surface area contributed by atoms with Gasteiger partial charge in [0.15, 0.2) is 0 Å². The molecular weight excluding hydrogens is 220 g/mol. The Morgan fingerprint density at radius 1 is 1.53 bits per heavy atom. The molecule has 17 heavy (non-hydrogen) atoms. The number of anilines is 2. The van der Waals surface area contributed by atoms with Crippen LogP contribution in [0.25, 0.3) is 0 Å². The second-order valence-corrected chi connectivity index (χ2v) is 3.44. The number of rotatable bonds is 4. The maximum absolute atomic E-state index is 11.0. The highest BCUT2D eigenvalue weighted by molar-refractivity contribution is 5.94. The second-order valence-electron chi connectivity index (χ2n) is 3.44. The van der Waals surface area contributed by atoms with Crippen molar-refractivity contribution < 1.29 is 9.90 Å². The summed E-state index contributed by atoms with van der Waals surface area (Å²) in [6.07, 6.45) is 6.32. The van der Waals surface area contributed by atoms with Crippen molar-refractivity contribution in [1.82, 2.24) is 14.8 Å². The third kappa shape index (κ3) is 2.41. The summed E-state index contributed by atoms with van der Waals surface area (Å²) in [5.41, 5.74) is 1.39. The summed E-state index contributed by atoms with van der Waals surface area (Å²) in [5, 5.41) is 16.1. The van der Waals surface area contributed by atoms with Gasteiger partial charge in [0.2, 0.25) is 0 Å². The smallest absolute Gasteiger partial charge is 0.339 e. The first kappa shape index (κ1) is 11.1. The molecule has 0 aliphatic heterocycles. The van der Waals surface area contributed by atoms with Gasteiger partial charge in [0, 0.05) is 25.1 Å². The molecule has 0 atom stereocenters. The summed E-state index contributed by atoms with van der Waals surface area (Å²) in [4.78, 5) is 14.8. The summed E-state index contributed by atoms with van der Waals surface area (Å²) in [7, 11) is 0. The van der Waals surface area contributed by atoms with Crippen LogP contribution in [0.2, 0.25) is 0 Å². The van der Waals surface area contributed by atoms with Gasteiger partial charge in [0.25, 0.3) is 0 Å². The standard InChI is InChI=1S/C11H12N4O2/c1-2-15-7-8(5-13-15)14-10-3-4-12-6-9(10)11(16)17/h3-7H,2H2,1H3,(H,12,14)(H,16,17). The van der Waals surface area contributed by atoms with Crippen LogP contribution in [0.4, 0.5) is 11.4 Å². The minimum Gasteiger partial charge on any atom is -0.478 e. The lowest BCUT2D eigenvalue weighted by atomic mass is 10.2. The lowest BCUT2D eigenvalue weighted by Gasteiger charge is -2.06. The zero-order valence-electron chi connectivity index (χ0n) is 9.29. The van der Waals surface area contributed by atoms with E-state index in [0.717, 1.165) is 12.2 Å². The molecule has 88 valence electrons. The van der Waals surface area contributed by atoms with Gasteiger partial charge < -0.3 is 10.4 Å². The summed E-state index contributed by atoms with van der Waals surface area (Å²) in [6.45, 7) is 2.75. The van der Waals surface area contributed by atoms with Gasteiger partial charge in [0.1, 0.15) is 5.56 Å². The average Bonchev–Trinajstić information content (AvgIpc) is 2.77. The highest BCUT2D eigenvalue weighted by Crippen LogP contribution is 2.19. The maximum atomic E-state index is 11.0. The van der Waals surface area contributed by atoms with Crippen LogP contribution in [-0.2, 0) is 6.54 Å². The molecule has 0 amide bonds. The predicted octanol–water partition coefficient (Wildman–Crippen LogP) is 1.74. The summed E-state index contributed by atoms with van der Waals surface area (Å²) in [5.74, 6) is -1.01. The Morgan fingerprint density at radius 3 is 3.00 bits per heavy atom. The molecule has 2 aromatic rings. The molecule has 2 N–H and O–H groups in total. The SMILES string of the molecule is CCn1cc(Nc2ccncc2C(=O)O)cn1. The summed E-state index contributed by atoms with van der Waals surface area (Å²) >= 11 is 0. The first-order chi connectivity index (χ1) is 8.20. The third-order valence-electron chi connectivity index (χ3n) is 2.29. The minimum atomic E-state index is -1.01. The molecule has 0 saturated carbocycles. The highest BCUT2D eigenvalue weighted by Gasteiger charge is 2.10. The van der Waals surface area contributed by atoms with Crippen LogP contribution < -0.4 is 5.32 Å². The fourth-order valence-electron chi connectivity index (χ4n) is 1.43. The summed E-state index contributed by atoms with van der Waals surface area (Å²) < 4.78 is 1.75. The van der Waals surface area contributed by atoms with Gasteiger partial charge >= 0.3 is 5.97 Å². The van der Waals surface area contributed by atoms with Crippen LogP contribution in [0, 0.1) is 0 Å². The number of pyridine rings is 1. The molecule has 0 unspecified atom stereocenters. The number of aromatic nitrogens is 3. The Morgan fingerprint density at radius 2 is 2.35 bits per heavy atom. The molecule has 0 saturated heterocycles. The van der Waals surface area contributed by atoms with E-state index in [1.807, 2.05) is 13.1 Å². The number of hydrogen-bond acceptors (Lipinski definition) is 4. The minimum absolute atomic E-state index is 0.136. The number of aromatic carboxylic acids is 1. The van der Waals surface area contributed by atoms with Gasteiger partial charge in [-0.3, -0.25) is 9.67 Å². The van der Waals surface area contributed by atoms with E-state index in [1.165, 1.54) is 6.20 Å². The Kier molecular flexibility index (Phi) is 3.04. The van der Waals surface area contributed by atoms with Crippen LogP contribution in [0.3, 0.4) is 0 Å². The molecular formula is C11H12N4O2. The molecule has 0 aliphatic carbocycles. The van der Waals surface area contributed by atoms with Crippen molar-refractivity contribution >= 4 is 17.3 Å². The number of carboxylic acids is 1. The van der Waals surface area contributed by atoms with E-state index in [4.69, 9.17) is 5.11 Å². The zero-order valence-corrected chi connectivity index (χ0v) is 9.29. The van der Waals surface area contributed by atoms with Crippen LogP contribution >= 0.6 is 0 Å². The number of aryl methyl sites for hydroxylation is 1. The van der Waals surface area contributed by atoms with E-state index in [9.17, 15) is 4.79 Å². The molecule has 0 spiro atoms. The van der Waals surface area contributed by atoms with Crippen LogP contribution in [0.5, 0.6) is 0 Å². The Balaban J connectivity index is 2.26. The molecule has 2 rings (SSSR count). The van der Waals surface area contributed by atoms with Gasteiger partial charge in [-0.1, -0.05) is 0 Å². The van der Waals surface area contributed by atoms with E-state index in [2.05, 4.69) is 15.4 Å². The van der Waals surface area contributed by atoms with E-state index < -0.39 is 5.97 Å². The molecule has 2 heterocycles.